The van der Waals surface area contributed by atoms with Gasteiger partial charge in [0, 0.05) is 28.9 Å². The molecule has 0 N–H and O–H groups in total. The first-order chi connectivity index (χ1) is 14.1. The highest BCUT2D eigenvalue weighted by Gasteiger charge is 2.15. The van der Waals surface area contributed by atoms with Crippen molar-refractivity contribution in [1.29, 1.82) is 0 Å². The average Bonchev–Trinajstić information content (AvgIpc) is 2.74. The van der Waals surface area contributed by atoms with E-state index in [0.717, 1.165) is 11.1 Å². The Balaban J connectivity index is 1.84. The molecule has 0 aliphatic heterocycles. The van der Waals surface area contributed by atoms with Crippen LogP contribution in [0, 0.1) is 12.7 Å². The molecule has 0 saturated carbocycles. The Morgan fingerprint density at radius 2 is 1.62 bits per heavy atom. The molecule has 2 aromatic heterocycles. The van der Waals surface area contributed by atoms with E-state index in [0.29, 0.717) is 39.8 Å². The average molecular weight is 390 g/mol. The van der Waals surface area contributed by atoms with Gasteiger partial charge in [-0.05, 0) is 43.3 Å². The second-order valence-corrected chi connectivity index (χ2v) is 6.45. The lowest BCUT2D eigenvalue weighted by Gasteiger charge is -2.14. The van der Waals surface area contributed by atoms with Crippen molar-refractivity contribution < 1.29 is 18.6 Å². The number of hydrogen-bond donors (Lipinski definition) is 0. The zero-order chi connectivity index (χ0) is 20.4. The predicted octanol–water partition coefficient (Wildman–Crippen LogP) is 5.55. The molecule has 0 spiro atoms. The van der Waals surface area contributed by atoms with Crippen molar-refractivity contribution in [3.63, 3.8) is 0 Å². The Bertz CT molecular complexity index is 1190. The first kappa shape index (κ1) is 18.7. The van der Waals surface area contributed by atoms with Crippen LogP contribution in [-0.2, 0) is 0 Å². The molecular formula is C23H19FN2O3. The van der Waals surface area contributed by atoms with Gasteiger partial charge in [0.25, 0.3) is 0 Å². The number of ether oxygens (including phenoxy) is 3. The summed E-state index contributed by atoms with van der Waals surface area (Å²) in [7, 11) is 3.15. The smallest absolute Gasteiger partial charge is 0.162 e. The molecule has 5 nitrogen and oxygen atoms in total. The van der Waals surface area contributed by atoms with E-state index in [1.54, 1.807) is 44.7 Å². The van der Waals surface area contributed by atoms with Gasteiger partial charge in [0.15, 0.2) is 17.2 Å². The molecule has 0 aliphatic rings. The second-order valence-electron chi connectivity index (χ2n) is 6.45. The van der Waals surface area contributed by atoms with Crippen LogP contribution in [-0.4, -0.2) is 24.2 Å². The standard InChI is InChI=1S/C23H19FN2O3/c1-14-7-8-20(23(26-14)15-5-4-6-16(24)11-15)29-19-9-10-25-18-13-22(28-3)21(27-2)12-17(18)19/h4-13H,1-3H3. The van der Waals surface area contributed by atoms with Crippen molar-refractivity contribution in [2.24, 2.45) is 0 Å². The summed E-state index contributed by atoms with van der Waals surface area (Å²) in [5, 5.41) is 0.760. The fraction of sp³-hybridized carbons (Fsp3) is 0.130. The van der Waals surface area contributed by atoms with Gasteiger partial charge in [-0.15, -0.1) is 0 Å². The summed E-state index contributed by atoms with van der Waals surface area (Å²) in [4.78, 5) is 8.96. The van der Waals surface area contributed by atoms with Crippen LogP contribution >= 0.6 is 0 Å². The third-order valence-electron chi connectivity index (χ3n) is 4.52. The molecule has 2 aromatic carbocycles. The number of pyridine rings is 2. The van der Waals surface area contributed by atoms with Gasteiger partial charge < -0.3 is 14.2 Å². The first-order valence-electron chi connectivity index (χ1n) is 9.01. The van der Waals surface area contributed by atoms with Gasteiger partial charge in [-0.2, -0.15) is 0 Å². The van der Waals surface area contributed by atoms with E-state index < -0.39 is 0 Å². The number of benzene rings is 2. The lowest BCUT2D eigenvalue weighted by Crippen LogP contribution is -1.96. The van der Waals surface area contributed by atoms with Crippen LogP contribution in [0.4, 0.5) is 4.39 Å². The Hall–Kier alpha value is -3.67. The van der Waals surface area contributed by atoms with Gasteiger partial charge in [0.05, 0.1) is 19.7 Å². The maximum atomic E-state index is 13.8. The molecule has 0 amide bonds. The maximum absolute atomic E-state index is 13.8. The molecule has 0 fully saturated rings. The highest BCUT2D eigenvalue weighted by atomic mass is 19.1. The SMILES string of the molecule is COc1cc2nccc(Oc3ccc(C)nc3-c3cccc(F)c3)c2cc1OC. The molecule has 6 heteroatoms. The number of fused-ring (bicyclic) bond motifs is 1. The van der Waals surface area contributed by atoms with Crippen LogP contribution in [0.1, 0.15) is 5.69 Å². The number of methoxy groups -OCH3 is 2. The quantitative estimate of drug-likeness (QED) is 0.447. The molecule has 4 aromatic rings. The largest absolute Gasteiger partial charge is 0.493 e. The normalized spacial score (nSPS) is 10.8. The fourth-order valence-corrected chi connectivity index (χ4v) is 3.12. The summed E-state index contributed by atoms with van der Waals surface area (Å²) in [6.45, 7) is 1.88. The Morgan fingerprint density at radius 1 is 0.828 bits per heavy atom. The minimum absolute atomic E-state index is 0.331. The number of aryl methyl sites for hydroxylation is 1. The lowest BCUT2D eigenvalue weighted by atomic mass is 10.1. The molecule has 0 atom stereocenters. The van der Waals surface area contributed by atoms with Crippen LogP contribution in [0.15, 0.2) is 60.8 Å². The number of rotatable bonds is 5. The lowest BCUT2D eigenvalue weighted by molar-refractivity contribution is 0.355. The van der Waals surface area contributed by atoms with Gasteiger partial charge in [0.1, 0.15) is 17.3 Å². The summed E-state index contributed by atoms with van der Waals surface area (Å²) in [6, 6.07) is 15.3. The maximum Gasteiger partial charge on any atom is 0.162 e. The highest BCUT2D eigenvalue weighted by molar-refractivity contribution is 5.88. The molecule has 0 aliphatic carbocycles. The van der Waals surface area contributed by atoms with Crippen LogP contribution in [0.3, 0.4) is 0 Å². The van der Waals surface area contributed by atoms with Crippen molar-refractivity contribution in [2.75, 3.05) is 14.2 Å². The number of nitrogens with zero attached hydrogens (tertiary/aromatic N) is 2. The molecule has 0 saturated heterocycles. The van der Waals surface area contributed by atoms with Crippen molar-refractivity contribution in [3.8, 4) is 34.3 Å². The van der Waals surface area contributed by atoms with Gasteiger partial charge in [-0.25, -0.2) is 9.37 Å². The Kier molecular flexibility index (Phi) is 4.99. The zero-order valence-corrected chi connectivity index (χ0v) is 16.3. The van der Waals surface area contributed by atoms with Crippen LogP contribution in [0.2, 0.25) is 0 Å². The summed E-state index contributed by atoms with van der Waals surface area (Å²) in [5.74, 6) is 1.93. The molecule has 0 radical (unpaired) electrons. The molecular weight excluding hydrogens is 371 g/mol. The molecule has 0 bridgehead atoms. The second kappa shape index (κ2) is 7.75. The van der Waals surface area contributed by atoms with Crippen molar-refractivity contribution in [3.05, 3.63) is 72.3 Å². The topological polar surface area (TPSA) is 53.5 Å². The molecule has 4 rings (SSSR count). The number of aromatic nitrogens is 2. The minimum Gasteiger partial charge on any atom is -0.493 e. The van der Waals surface area contributed by atoms with Crippen LogP contribution < -0.4 is 14.2 Å². The summed E-state index contributed by atoms with van der Waals surface area (Å²) < 4.78 is 30.8. The molecule has 146 valence electrons. The molecule has 29 heavy (non-hydrogen) atoms. The third-order valence-corrected chi connectivity index (χ3v) is 4.52. The van der Waals surface area contributed by atoms with E-state index in [-0.39, 0.29) is 5.82 Å². The minimum atomic E-state index is -0.331. The van der Waals surface area contributed by atoms with Crippen LogP contribution in [0.25, 0.3) is 22.2 Å². The Labute approximate surface area is 167 Å². The van der Waals surface area contributed by atoms with Crippen LogP contribution in [0.5, 0.6) is 23.0 Å². The zero-order valence-electron chi connectivity index (χ0n) is 16.3. The van der Waals surface area contributed by atoms with E-state index in [9.17, 15) is 4.39 Å². The van der Waals surface area contributed by atoms with Gasteiger partial charge >= 0.3 is 0 Å². The van der Waals surface area contributed by atoms with E-state index in [2.05, 4.69) is 9.97 Å². The van der Waals surface area contributed by atoms with E-state index >= 15 is 0 Å². The van der Waals surface area contributed by atoms with Gasteiger partial charge in [-0.1, -0.05) is 12.1 Å². The van der Waals surface area contributed by atoms with E-state index in [4.69, 9.17) is 14.2 Å². The number of hydrogen-bond acceptors (Lipinski definition) is 5. The van der Waals surface area contributed by atoms with Crippen molar-refractivity contribution in [1.82, 2.24) is 9.97 Å². The van der Waals surface area contributed by atoms with Gasteiger partial charge in [-0.3, -0.25) is 4.98 Å². The Morgan fingerprint density at radius 3 is 2.38 bits per heavy atom. The summed E-state index contributed by atoms with van der Waals surface area (Å²) in [6.07, 6.45) is 1.66. The first-order valence-corrected chi connectivity index (χ1v) is 9.01. The monoisotopic (exact) mass is 390 g/mol. The van der Waals surface area contributed by atoms with Gasteiger partial charge in [0.2, 0.25) is 0 Å². The van der Waals surface area contributed by atoms with E-state index in [1.165, 1.54) is 12.1 Å². The summed E-state index contributed by atoms with van der Waals surface area (Å²) >= 11 is 0. The molecule has 2 heterocycles. The summed E-state index contributed by atoms with van der Waals surface area (Å²) in [5.41, 5.74) is 2.71. The fourth-order valence-electron chi connectivity index (χ4n) is 3.12. The van der Waals surface area contributed by atoms with Crippen molar-refractivity contribution >= 4 is 10.9 Å². The highest BCUT2D eigenvalue weighted by Crippen LogP contribution is 2.39. The molecule has 0 unspecified atom stereocenters. The number of halogens is 1. The third kappa shape index (κ3) is 3.69. The van der Waals surface area contributed by atoms with Crippen molar-refractivity contribution in [2.45, 2.75) is 6.92 Å². The predicted molar refractivity (Wildman–Crippen MR) is 109 cm³/mol. The van der Waals surface area contributed by atoms with E-state index in [1.807, 2.05) is 25.1 Å².